The average Bonchev–Trinajstić information content (AvgIpc) is 2.35. The van der Waals surface area contributed by atoms with Gasteiger partial charge in [-0.2, -0.15) is 8.78 Å². The van der Waals surface area contributed by atoms with Crippen LogP contribution in [0.5, 0.6) is 5.75 Å². The van der Waals surface area contributed by atoms with Gasteiger partial charge in [0.15, 0.2) is 0 Å². The molecule has 1 aromatic rings. The summed E-state index contributed by atoms with van der Waals surface area (Å²) in [5, 5.41) is 0. The first-order valence-corrected chi connectivity index (χ1v) is 5.87. The molecule has 1 atom stereocenters. The first-order valence-electron chi connectivity index (χ1n) is 5.33. The Morgan fingerprint density at radius 3 is 2.72 bits per heavy atom. The summed E-state index contributed by atoms with van der Waals surface area (Å²) in [5.74, 6) is -0.0271. The van der Waals surface area contributed by atoms with Crippen LogP contribution in [0.2, 0.25) is 0 Å². The summed E-state index contributed by atoms with van der Waals surface area (Å²) in [4.78, 5) is 13.5. The summed E-state index contributed by atoms with van der Waals surface area (Å²) in [6.07, 6.45) is 0. The number of nitrogens with zero attached hydrogens (tertiary/aromatic N) is 1. The van der Waals surface area contributed by atoms with Crippen LogP contribution in [0, 0.1) is 0 Å². The summed E-state index contributed by atoms with van der Waals surface area (Å²) >= 11 is 5.66. The first kappa shape index (κ1) is 14.7. The monoisotopic (exact) mass is 277 g/mol. The van der Waals surface area contributed by atoms with Crippen LogP contribution < -0.4 is 4.74 Å². The van der Waals surface area contributed by atoms with Gasteiger partial charge in [0.1, 0.15) is 5.75 Å². The van der Waals surface area contributed by atoms with E-state index in [1.165, 1.54) is 29.2 Å². The van der Waals surface area contributed by atoms with Crippen LogP contribution in [0.3, 0.4) is 0 Å². The SMILES string of the molecule is CC(CCl)N(C)C(=O)c1cccc(OC(F)F)c1. The van der Waals surface area contributed by atoms with Crippen LogP contribution >= 0.6 is 11.6 Å². The maximum atomic E-state index is 12.1. The highest BCUT2D eigenvalue weighted by Crippen LogP contribution is 2.17. The molecule has 6 heteroatoms. The summed E-state index contributed by atoms with van der Waals surface area (Å²) in [5.41, 5.74) is 0.285. The van der Waals surface area contributed by atoms with Crippen molar-refractivity contribution in [3.8, 4) is 5.75 Å². The van der Waals surface area contributed by atoms with Gasteiger partial charge in [-0.3, -0.25) is 4.79 Å². The van der Waals surface area contributed by atoms with Crippen molar-refractivity contribution in [1.29, 1.82) is 0 Å². The van der Waals surface area contributed by atoms with E-state index in [9.17, 15) is 13.6 Å². The largest absolute Gasteiger partial charge is 0.435 e. The summed E-state index contributed by atoms with van der Waals surface area (Å²) in [6.45, 7) is -1.11. The normalized spacial score (nSPS) is 12.3. The van der Waals surface area contributed by atoms with Crippen molar-refractivity contribution < 1.29 is 18.3 Å². The van der Waals surface area contributed by atoms with Gasteiger partial charge in [0.2, 0.25) is 0 Å². The highest BCUT2D eigenvalue weighted by Gasteiger charge is 2.17. The maximum Gasteiger partial charge on any atom is 0.387 e. The zero-order valence-electron chi connectivity index (χ0n) is 10.1. The number of halogens is 3. The summed E-state index contributed by atoms with van der Waals surface area (Å²) in [7, 11) is 1.61. The van der Waals surface area contributed by atoms with Crippen LogP contribution in [-0.2, 0) is 0 Å². The number of amides is 1. The number of rotatable bonds is 5. The lowest BCUT2D eigenvalue weighted by Crippen LogP contribution is -2.36. The Bertz CT molecular complexity index is 415. The Labute approximate surface area is 109 Å². The van der Waals surface area contributed by atoms with Crippen LogP contribution in [0.25, 0.3) is 0 Å². The zero-order chi connectivity index (χ0) is 13.7. The standard InChI is InChI=1S/C12H14ClF2NO2/c1-8(7-13)16(2)11(17)9-4-3-5-10(6-9)18-12(14)15/h3-6,8,12H,7H2,1-2H3. The molecule has 0 spiro atoms. The van der Waals surface area contributed by atoms with Crippen molar-refractivity contribution >= 4 is 17.5 Å². The Morgan fingerprint density at radius 2 is 2.17 bits per heavy atom. The molecule has 0 saturated carbocycles. The second-order valence-electron chi connectivity index (χ2n) is 3.83. The van der Waals surface area contributed by atoms with E-state index >= 15 is 0 Å². The second kappa shape index (κ2) is 6.54. The fourth-order valence-electron chi connectivity index (χ4n) is 1.31. The number of benzene rings is 1. The van der Waals surface area contributed by atoms with Gasteiger partial charge in [0.25, 0.3) is 5.91 Å². The molecule has 1 unspecified atom stereocenters. The van der Waals surface area contributed by atoms with Crippen molar-refractivity contribution in [3.63, 3.8) is 0 Å². The van der Waals surface area contributed by atoms with Gasteiger partial charge >= 0.3 is 6.61 Å². The number of carbonyl (C=O) groups is 1. The van der Waals surface area contributed by atoms with Crippen molar-refractivity contribution in [1.82, 2.24) is 4.90 Å². The lowest BCUT2D eigenvalue weighted by molar-refractivity contribution is -0.0499. The van der Waals surface area contributed by atoms with E-state index in [2.05, 4.69) is 4.74 Å². The smallest absolute Gasteiger partial charge is 0.387 e. The molecule has 0 heterocycles. The van der Waals surface area contributed by atoms with E-state index in [4.69, 9.17) is 11.6 Å². The van der Waals surface area contributed by atoms with Gasteiger partial charge in [0.05, 0.1) is 0 Å². The molecule has 1 rings (SSSR count). The van der Waals surface area contributed by atoms with Crippen LogP contribution in [0.1, 0.15) is 17.3 Å². The number of hydrogen-bond donors (Lipinski definition) is 0. The van der Waals surface area contributed by atoms with E-state index < -0.39 is 6.61 Å². The third-order valence-electron chi connectivity index (χ3n) is 2.51. The molecule has 100 valence electrons. The number of ether oxygens (including phenoxy) is 1. The quantitative estimate of drug-likeness (QED) is 0.775. The topological polar surface area (TPSA) is 29.5 Å². The highest BCUT2D eigenvalue weighted by atomic mass is 35.5. The molecule has 0 fully saturated rings. The summed E-state index contributed by atoms with van der Waals surface area (Å²) < 4.78 is 28.4. The van der Waals surface area contributed by atoms with Crippen molar-refractivity contribution in [2.24, 2.45) is 0 Å². The molecule has 0 saturated heterocycles. The predicted octanol–water partition coefficient (Wildman–Crippen LogP) is 2.99. The average molecular weight is 278 g/mol. The molecule has 0 aliphatic carbocycles. The number of carbonyl (C=O) groups excluding carboxylic acids is 1. The molecule has 0 bridgehead atoms. The lowest BCUT2D eigenvalue weighted by Gasteiger charge is -2.23. The van der Waals surface area contributed by atoms with Gasteiger partial charge in [-0.05, 0) is 25.1 Å². The lowest BCUT2D eigenvalue weighted by atomic mass is 10.1. The van der Waals surface area contributed by atoms with Gasteiger partial charge in [-0.15, -0.1) is 11.6 Å². The Hall–Kier alpha value is -1.36. The van der Waals surface area contributed by atoms with Crippen molar-refractivity contribution in [2.45, 2.75) is 19.6 Å². The van der Waals surface area contributed by atoms with Crippen molar-refractivity contribution in [2.75, 3.05) is 12.9 Å². The second-order valence-corrected chi connectivity index (χ2v) is 4.13. The zero-order valence-corrected chi connectivity index (χ0v) is 10.8. The Balaban J connectivity index is 2.86. The third kappa shape index (κ3) is 3.84. The number of hydrogen-bond acceptors (Lipinski definition) is 2. The van der Waals surface area contributed by atoms with Crippen LogP contribution in [-0.4, -0.2) is 36.4 Å². The molecule has 0 N–H and O–H groups in total. The van der Waals surface area contributed by atoms with E-state index in [1.54, 1.807) is 14.0 Å². The van der Waals surface area contributed by atoms with E-state index in [0.717, 1.165) is 0 Å². The first-order chi connectivity index (χ1) is 8.45. The maximum absolute atomic E-state index is 12.1. The fraction of sp³-hybridized carbons (Fsp3) is 0.417. The van der Waals surface area contributed by atoms with Gasteiger partial charge in [-0.1, -0.05) is 6.07 Å². The molecule has 18 heavy (non-hydrogen) atoms. The summed E-state index contributed by atoms with van der Waals surface area (Å²) in [6, 6.07) is 5.54. The van der Waals surface area contributed by atoms with Crippen molar-refractivity contribution in [3.05, 3.63) is 29.8 Å². The number of alkyl halides is 3. The van der Waals surface area contributed by atoms with Crippen LogP contribution in [0.4, 0.5) is 8.78 Å². The minimum absolute atomic E-state index is 0.0391. The molecule has 0 radical (unpaired) electrons. The minimum atomic E-state index is -2.91. The molecule has 1 amide bonds. The predicted molar refractivity (Wildman–Crippen MR) is 65.3 cm³/mol. The van der Waals surface area contributed by atoms with E-state index in [-0.39, 0.29) is 23.3 Å². The Kier molecular flexibility index (Phi) is 5.34. The van der Waals surface area contributed by atoms with Gasteiger partial charge < -0.3 is 9.64 Å². The van der Waals surface area contributed by atoms with Gasteiger partial charge in [0, 0.05) is 24.5 Å². The molecule has 0 aliphatic rings. The molecule has 1 aromatic carbocycles. The molecule has 3 nitrogen and oxygen atoms in total. The van der Waals surface area contributed by atoms with Crippen LogP contribution in [0.15, 0.2) is 24.3 Å². The third-order valence-corrected chi connectivity index (χ3v) is 2.96. The molecule has 0 aliphatic heterocycles. The fourth-order valence-corrected chi connectivity index (χ4v) is 1.52. The highest BCUT2D eigenvalue weighted by molar-refractivity contribution is 6.18. The minimum Gasteiger partial charge on any atom is -0.435 e. The molecular formula is C12H14ClF2NO2. The molecular weight excluding hydrogens is 264 g/mol. The Morgan fingerprint density at radius 1 is 1.50 bits per heavy atom. The molecule has 0 aromatic heterocycles. The van der Waals surface area contributed by atoms with E-state index in [1.807, 2.05) is 0 Å². The van der Waals surface area contributed by atoms with E-state index in [0.29, 0.717) is 5.88 Å². The van der Waals surface area contributed by atoms with Gasteiger partial charge in [-0.25, -0.2) is 0 Å².